The van der Waals surface area contributed by atoms with Crippen molar-refractivity contribution in [1.29, 1.82) is 0 Å². The van der Waals surface area contributed by atoms with Gasteiger partial charge in [-0.3, -0.25) is 0 Å². The maximum Gasteiger partial charge on any atom is 0.181 e. The number of aromatic nitrogens is 1. The molecule has 0 saturated heterocycles. The largest absolute Gasteiger partial charge is 0.375 e. The highest BCUT2D eigenvalue weighted by Crippen LogP contribution is 2.37. The second-order valence-corrected chi connectivity index (χ2v) is 6.43. The van der Waals surface area contributed by atoms with E-state index < -0.39 is 0 Å². The van der Waals surface area contributed by atoms with Gasteiger partial charge >= 0.3 is 0 Å². The van der Waals surface area contributed by atoms with Gasteiger partial charge in [-0.05, 0) is 24.0 Å². The van der Waals surface area contributed by atoms with Gasteiger partial charge in [-0.2, -0.15) is 0 Å². The first-order chi connectivity index (χ1) is 11.8. The molecule has 25 heavy (non-hydrogen) atoms. The smallest absolute Gasteiger partial charge is 0.181 e. The summed E-state index contributed by atoms with van der Waals surface area (Å²) >= 11 is 1.55. The molecule has 2 aromatic carbocycles. The van der Waals surface area contributed by atoms with Crippen LogP contribution in [0.2, 0.25) is 0 Å². The molecule has 2 nitrogen and oxygen atoms in total. The van der Waals surface area contributed by atoms with E-state index in [4.69, 9.17) is 5.73 Å². The number of anilines is 1. The van der Waals surface area contributed by atoms with Gasteiger partial charge in [0.2, 0.25) is 0 Å². The molecule has 1 heterocycles. The molecule has 0 radical (unpaired) electrons. The van der Waals surface area contributed by atoms with Gasteiger partial charge in [0.15, 0.2) is 5.13 Å². The molecule has 1 aromatic heterocycles. The Morgan fingerprint density at radius 3 is 2.16 bits per heavy atom. The summed E-state index contributed by atoms with van der Waals surface area (Å²) in [5.74, 6) is 0. The Morgan fingerprint density at radius 2 is 1.56 bits per heavy atom. The number of hydrogen-bond donors (Lipinski definition) is 1. The number of nitrogens with zero attached hydrogens (tertiary/aromatic N) is 1. The first kappa shape index (κ1) is 20.9. The number of rotatable bonds is 5. The molecule has 0 fully saturated rings. The van der Waals surface area contributed by atoms with E-state index in [0.717, 1.165) is 22.6 Å². The maximum absolute atomic E-state index is 5.96. The molecule has 3 rings (SSSR count). The summed E-state index contributed by atoms with van der Waals surface area (Å²) in [6.07, 6.45) is 3.60. The van der Waals surface area contributed by atoms with Crippen LogP contribution < -0.4 is 5.73 Å². The molecule has 3 heteroatoms. The Morgan fingerprint density at radius 1 is 0.920 bits per heavy atom. The number of hydrogen-bond acceptors (Lipinski definition) is 3. The highest BCUT2D eigenvalue weighted by Gasteiger charge is 2.13. The molecule has 0 amide bonds. The Bertz CT molecular complexity index is 730. The van der Waals surface area contributed by atoms with Crippen LogP contribution in [0.25, 0.3) is 21.7 Å². The second kappa shape index (κ2) is 10.7. The Labute approximate surface area is 156 Å². The number of nitrogens with two attached hydrogens (primary N) is 1. The van der Waals surface area contributed by atoms with Gasteiger partial charge in [0, 0.05) is 5.56 Å². The van der Waals surface area contributed by atoms with Crippen LogP contribution in [0.5, 0.6) is 0 Å². The molecule has 0 unspecified atom stereocenters. The molecule has 0 aliphatic carbocycles. The Hall–Kier alpha value is -2.13. The molecule has 0 aliphatic rings. The van der Waals surface area contributed by atoms with Crippen LogP contribution in [-0.4, -0.2) is 4.98 Å². The number of nitrogen functional groups attached to an aromatic ring is 1. The van der Waals surface area contributed by atoms with E-state index in [0.29, 0.717) is 5.13 Å². The van der Waals surface area contributed by atoms with Crippen molar-refractivity contribution in [3.63, 3.8) is 0 Å². The maximum atomic E-state index is 5.96. The summed E-state index contributed by atoms with van der Waals surface area (Å²) in [4.78, 5) is 5.68. The topological polar surface area (TPSA) is 38.9 Å². The quantitative estimate of drug-likeness (QED) is 0.532. The SMILES string of the molecule is C.CC.CCCCc1ccc(-c2nc(N)sc2-c2ccccc2)cc1. The molecular formula is C22H30N2S. The minimum Gasteiger partial charge on any atom is -0.375 e. The van der Waals surface area contributed by atoms with Crippen LogP contribution in [0.3, 0.4) is 0 Å². The van der Waals surface area contributed by atoms with Crippen LogP contribution >= 0.6 is 11.3 Å². The van der Waals surface area contributed by atoms with Crippen molar-refractivity contribution in [3.8, 4) is 21.7 Å². The number of aryl methyl sites for hydroxylation is 1. The molecule has 0 spiro atoms. The molecule has 0 saturated carbocycles. The number of thiazole rings is 1. The molecule has 0 bridgehead atoms. The summed E-state index contributed by atoms with van der Waals surface area (Å²) in [5, 5.41) is 0.615. The van der Waals surface area contributed by atoms with Gasteiger partial charge in [0.25, 0.3) is 0 Å². The normalized spacial score (nSPS) is 9.72. The lowest BCUT2D eigenvalue weighted by Gasteiger charge is -2.05. The van der Waals surface area contributed by atoms with Crippen molar-refractivity contribution < 1.29 is 0 Å². The van der Waals surface area contributed by atoms with Crippen molar-refractivity contribution in [1.82, 2.24) is 4.98 Å². The minimum atomic E-state index is 0. The lowest BCUT2D eigenvalue weighted by Crippen LogP contribution is -1.87. The van der Waals surface area contributed by atoms with Gasteiger partial charge in [-0.25, -0.2) is 4.98 Å². The molecule has 0 aliphatic heterocycles. The highest BCUT2D eigenvalue weighted by molar-refractivity contribution is 7.19. The van der Waals surface area contributed by atoms with Gasteiger partial charge in [0.1, 0.15) is 0 Å². The fourth-order valence-corrected chi connectivity index (χ4v) is 3.39. The van der Waals surface area contributed by atoms with E-state index >= 15 is 0 Å². The van der Waals surface area contributed by atoms with Crippen LogP contribution in [0, 0.1) is 0 Å². The second-order valence-electron chi connectivity index (χ2n) is 5.40. The third kappa shape index (κ3) is 5.43. The summed E-state index contributed by atoms with van der Waals surface area (Å²) in [6, 6.07) is 19.0. The molecule has 0 atom stereocenters. The fourth-order valence-electron chi connectivity index (χ4n) is 2.53. The van der Waals surface area contributed by atoms with Crippen LogP contribution in [0.4, 0.5) is 5.13 Å². The zero-order valence-electron chi connectivity index (χ0n) is 14.8. The van der Waals surface area contributed by atoms with Crippen molar-refractivity contribution >= 4 is 16.5 Å². The predicted octanol–water partition coefficient (Wildman–Crippen LogP) is 7.06. The monoisotopic (exact) mass is 354 g/mol. The average molecular weight is 355 g/mol. The molecule has 134 valence electrons. The summed E-state index contributed by atoms with van der Waals surface area (Å²) < 4.78 is 0. The van der Waals surface area contributed by atoms with Crippen LogP contribution in [0.1, 0.15) is 46.6 Å². The van der Waals surface area contributed by atoms with Gasteiger partial charge < -0.3 is 5.73 Å². The highest BCUT2D eigenvalue weighted by atomic mass is 32.1. The standard InChI is InChI=1S/C19H20N2S.C2H6.CH4/c1-2-3-7-14-10-12-15(13-11-14)17-18(22-19(20)21-17)16-8-5-4-6-9-16;1-2;/h4-6,8-13H,2-3,7H2,1H3,(H2,20,21);1-2H3;1H4. The van der Waals surface area contributed by atoms with E-state index in [-0.39, 0.29) is 7.43 Å². The van der Waals surface area contributed by atoms with Crippen molar-refractivity contribution in [2.24, 2.45) is 0 Å². The van der Waals surface area contributed by atoms with E-state index in [1.807, 2.05) is 32.0 Å². The van der Waals surface area contributed by atoms with Gasteiger partial charge in [-0.1, -0.05) is 101 Å². The van der Waals surface area contributed by atoms with Crippen molar-refractivity contribution in [3.05, 3.63) is 60.2 Å². The third-order valence-electron chi connectivity index (χ3n) is 3.73. The number of unbranched alkanes of at least 4 members (excludes halogenated alkanes) is 1. The van der Waals surface area contributed by atoms with E-state index in [2.05, 4.69) is 48.3 Å². The van der Waals surface area contributed by atoms with E-state index in [9.17, 15) is 0 Å². The molecule has 3 aromatic rings. The van der Waals surface area contributed by atoms with Crippen LogP contribution in [0.15, 0.2) is 54.6 Å². The summed E-state index contributed by atoms with van der Waals surface area (Å²) in [7, 11) is 0. The average Bonchev–Trinajstić information content (AvgIpc) is 3.04. The molecule has 2 N–H and O–H groups in total. The fraction of sp³-hybridized carbons (Fsp3) is 0.318. The van der Waals surface area contributed by atoms with Crippen LogP contribution in [-0.2, 0) is 6.42 Å². The molecular weight excluding hydrogens is 324 g/mol. The zero-order valence-corrected chi connectivity index (χ0v) is 15.6. The van der Waals surface area contributed by atoms with Gasteiger partial charge in [0.05, 0.1) is 10.6 Å². The first-order valence-electron chi connectivity index (χ1n) is 8.69. The van der Waals surface area contributed by atoms with E-state index in [1.54, 1.807) is 11.3 Å². The first-order valence-corrected chi connectivity index (χ1v) is 9.50. The van der Waals surface area contributed by atoms with Gasteiger partial charge in [-0.15, -0.1) is 0 Å². The Balaban J connectivity index is 0.00000101. The lowest BCUT2D eigenvalue weighted by molar-refractivity contribution is 0.795. The predicted molar refractivity (Wildman–Crippen MR) is 114 cm³/mol. The van der Waals surface area contributed by atoms with E-state index in [1.165, 1.54) is 24.0 Å². The van der Waals surface area contributed by atoms with Crippen molar-refractivity contribution in [2.45, 2.75) is 47.5 Å². The summed E-state index contributed by atoms with van der Waals surface area (Å²) in [6.45, 7) is 6.22. The third-order valence-corrected chi connectivity index (χ3v) is 4.66. The zero-order chi connectivity index (χ0) is 17.4. The van der Waals surface area contributed by atoms with Crippen molar-refractivity contribution in [2.75, 3.05) is 5.73 Å². The Kier molecular flexibility index (Phi) is 8.93. The minimum absolute atomic E-state index is 0. The summed E-state index contributed by atoms with van der Waals surface area (Å²) in [5.41, 5.74) is 10.6. The number of benzene rings is 2. The lowest BCUT2D eigenvalue weighted by atomic mass is 10.0.